The Morgan fingerprint density at radius 1 is 1.44 bits per heavy atom. The fourth-order valence-corrected chi connectivity index (χ4v) is 1.54. The van der Waals surface area contributed by atoms with E-state index in [0.717, 1.165) is 18.9 Å². The van der Waals surface area contributed by atoms with Crippen LogP contribution in [0.3, 0.4) is 0 Å². The Morgan fingerprint density at radius 2 is 2.12 bits per heavy atom. The van der Waals surface area contributed by atoms with Gasteiger partial charge in [-0.25, -0.2) is 4.79 Å². The topological polar surface area (TPSA) is 57.5 Å². The largest absolute Gasteiger partial charge is 0.478 e. The summed E-state index contributed by atoms with van der Waals surface area (Å²) in [6.07, 6.45) is 8.46. The summed E-state index contributed by atoms with van der Waals surface area (Å²) >= 11 is 5.55. The molecule has 2 atom stereocenters. The van der Waals surface area contributed by atoms with Crippen LogP contribution in [0.2, 0.25) is 0 Å². The summed E-state index contributed by atoms with van der Waals surface area (Å²) in [4.78, 5) is 10.4. The third kappa shape index (κ3) is 7.49. The van der Waals surface area contributed by atoms with Crippen molar-refractivity contribution in [3.05, 3.63) is 24.3 Å². The Labute approximate surface area is 101 Å². The van der Waals surface area contributed by atoms with Crippen molar-refractivity contribution < 1.29 is 15.0 Å². The molecule has 0 aliphatic heterocycles. The zero-order valence-corrected chi connectivity index (χ0v) is 10.2. The number of aliphatic hydroxyl groups is 1. The van der Waals surface area contributed by atoms with Crippen LogP contribution in [-0.4, -0.2) is 28.2 Å². The molecule has 0 saturated heterocycles. The highest BCUT2D eigenvalue weighted by Crippen LogP contribution is 2.15. The molecule has 0 aromatic carbocycles. The van der Waals surface area contributed by atoms with E-state index in [9.17, 15) is 9.90 Å². The number of aliphatic carboxylic acids is 1. The number of hydrogen-bond donors (Lipinski definition) is 2. The number of carboxylic acids is 1. The van der Waals surface area contributed by atoms with Crippen molar-refractivity contribution in [1.82, 2.24) is 0 Å². The molecular formula is C12H19ClO3. The van der Waals surface area contributed by atoms with Gasteiger partial charge in [-0.15, -0.1) is 11.6 Å². The Morgan fingerprint density at radius 3 is 2.62 bits per heavy atom. The summed E-state index contributed by atoms with van der Waals surface area (Å²) in [5.74, 6) is -1.09. The first kappa shape index (κ1) is 15.2. The molecule has 0 amide bonds. The second-order valence-corrected chi connectivity index (χ2v) is 3.85. The summed E-state index contributed by atoms with van der Waals surface area (Å²) in [5.41, 5.74) is 0. The van der Waals surface area contributed by atoms with Crippen molar-refractivity contribution >= 4 is 17.6 Å². The highest BCUT2D eigenvalue weighted by atomic mass is 35.5. The molecule has 92 valence electrons. The molecule has 0 aromatic heterocycles. The average Bonchev–Trinajstić information content (AvgIpc) is 2.27. The van der Waals surface area contributed by atoms with Crippen LogP contribution in [0, 0.1) is 5.92 Å². The van der Waals surface area contributed by atoms with Gasteiger partial charge in [-0.1, -0.05) is 25.2 Å². The first-order valence-corrected chi connectivity index (χ1v) is 5.95. The van der Waals surface area contributed by atoms with E-state index in [0.29, 0.717) is 6.42 Å². The molecule has 0 heterocycles. The second-order valence-electron chi connectivity index (χ2n) is 3.54. The van der Waals surface area contributed by atoms with E-state index in [1.54, 1.807) is 0 Å². The lowest BCUT2D eigenvalue weighted by Gasteiger charge is -2.16. The Bertz CT molecular complexity index is 249. The fourth-order valence-electron chi connectivity index (χ4n) is 1.31. The van der Waals surface area contributed by atoms with Gasteiger partial charge in [0.05, 0.1) is 6.10 Å². The second kappa shape index (κ2) is 9.43. The standard InChI is InChI=1S/C12H19ClO3/c1-2-3-4-5-6-10(11(14)9-13)7-8-12(15)16/h3-4,7-8,10-11,14H,2,5-6,9H2,1H3,(H,15,16)/b4-3+,8-7+/t10?,11-/m0/s1. The van der Waals surface area contributed by atoms with Gasteiger partial charge >= 0.3 is 5.97 Å². The molecule has 3 nitrogen and oxygen atoms in total. The normalized spacial score (nSPS) is 15.7. The minimum Gasteiger partial charge on any atom is -0.478 e. The zero-order valence-electron chi connectivity index (χ0n) is 9.47. The van der Waals surface area contributed by atoms with E-state index in [1.165, 1.54) is 6.08 Å². The molecule has 16 heavy (non-hydrogen) atoms. The van der Waals surface area contributed by atoms with Crippen molar-refractivity contribution in [2.75, 3.05) is 5.88 Å². The number of hydrogen-bond acceptors (Lipinski definition) is 2. The zero-order chi connectivity index (χ0) is 12.4. The molecular weight excluding hydrogens is 228 g/mol. The van der Waals surface area contributed by atoms with Crippen LogP contribution in [0.5, 0.6) is 0 Å². The van der Waals surface area contributed by atoms with Gasteiger partial charge in [0.15, 0.2) is 0 Å². The van der Waals surface area contributed by atoms with E-state index in [-0.39, 0.29) is 11.8 Å². The van der Waals surface area contributed by atoms with Gasteiger partial charge in [0.25, 0.3) is 0 Å². The lowest BCUT2D eigenvalue weighted by atomic mass is 9.97. The molecule has 0 saturated carbocycles. The molecule has 0 spiro atoms. The van der Waals surface area contributed by atoms with Crippen LogP contribution in [0.25, 0.3) is 0 Å². The molecule has 0 rings (SSSR count). The number of alkyl halides is 1. The summed E-state index contributed by atoms with van der Waals surface area (Å²) in [6, 6.07) is 0. The van der Waals surface area contributed by atoms with Gasteiger partial charge in [-0.2, -0.15) is 0 Å². The van der Waals surface area contributed by atoms with E-state index >= 15 is 0 Å². The molecule has 4 heteroatoms. The molecule has 0 radical (unpaired) electrons. The predicted molar refractivity (Wildman–Crippen MR) is 65.7 cm³/mol. The lowest BCUT2D eigenvalue weighted by molar-refractivity contribution is -0.131. The first-order chi connectivity index (χ1) is 7.61. The van der Waals surface area contributed by atoms with Gasteiger partial charge in [0.1, 0.15) is 0 Å². The van der Waals surface area contributed by atoms with E-state index in [4.69, 9.17) is 16.7 Å². The Kier molecular flexibility index (Phi) is 8.96. The lowest BCUT2D eigenvalue weighted by Crippen LogP contribution is -2.20. The van der Waals surface area contributed by atoms with Crippen molar-refractivity contribution in [2.45, 2.75) is 32.3 Å². The first-order valence-electron chi connectivity index (χ1n) is 5.42. The van der Waals surface area contributed by atoms with Crippen molar-refractivity contribution in [1.29, 1.82) is 0 Å². The fraction of sp³-hybridized carbons (Fsp3) is 0.583. The van der Waals surface area contributed by atoms with Crippen molar-refractivity contribution in [2.24, 2.45) is 5.92 Å². The highest BCUT2D eigenvalue weighted by Gasteiger charge is 2.14. The van der Waals surface area contributed by atoms with Gasteiger partial charge in [-0.3, -0.25) is 0 Å². The molecule has 1 unspecified atom stereocenters. The predicted octanol–water partition coefficient (Wildman–Crippen LogP) is 2.59. The summed E-state index contributed by atoms with van der Waals surface area (Å²) in [6.45, 7) is 2.05. The maximum atomic E-state index is 10.4. The minimum atomic E-state index is -1.00. The smallest absolute Gasteiger partial charge is 0.327 e. The maximum absolute atomic E-state index is 10.4. The quantitative estimate of drug-likeness (QED) is 0.393. The molecule has 0 bridgehead atoms. The monoisotopic (exact) mass is 246 g/mol. The molecule has 2 N–H and O–H groups in total. The Balaban J connectivity index is 4.21. The third-order valence-corrected chi connectivity index (χ3v) is 2.52. The summed E-state index contributed by atoms with van der Waals surface area (Å²) in [7, 11) is 0. The number of rotatable bonds is 8. The van der Waals surface area contributed by atoms with Crippen molar-refractivity contribution in [3.63, 3.8) is 0 Å². The van der Waals surface area contributed by atoms with Crippen LogP contribution < -0.4 is 0 Å². The van der Waals surface area contributed by atoms with E-state index in [1.807, 2.05) is 19.1 Å². The van der Waals surface area contributed by atoms with Gasteiger partial charge in [0, 0.05) is 17.9 Å². The number of halogens is 1. The minimum absolute atomic E-state index is 0.117. The molecule has 0 aliphatic carbocycles. The van der Waals surface area contributed by atoms with E-state index < -0.39 is 12.1 Å². The van der Waals surface area contributed by atoms with Gasteiger partial charge in [-0.05, 0) is 19.3 Å². The number of aliphatic hydroxyl groups excluding tert-OH is 1. The highest BCUT2D eigenvalue weighted by molar-refractivity contribution is 6.18. The summed E-state index contributed by atoms with van der Waals surface area (Å²) in [5, 5.41) is 18.1. The van der Waals surface area contributed by atoms with Crippen LogP contribution >= 0.6 is 11.6 Å². The number of carbonyl (C=O) groups is 1. The average molecular weight is 247 g/mol. The van der Waals surface area contributed by atoms with Crippen molar-refractivity contribution in [3.8, 4) is 0 Å². The van der Waals surface area contributed by atoms with Gasteiger partial charge < -0.3 is 10.2 Å². The molecule has 0 fully saturated rings. The molecule has 0 aromatic rings. The third-order valence-electron chi connectivity index (χ3n) is 2.21. The van der Waals surface area contributed by atoms with Gasteiger partial charge in [0.2, 0.25) is 0 Å². The number of carboxylic acid groups (broad SMARTS) is 1. The summed E-state index contributed by atoms with van der Waals surface area (Å²) < 4.78 is 0. The van der Waals surface area contributed by atoms with Crippen LogP contribution in [0.4, 0.5) is 0 Å². The maximum Gasteiger partial charge on any atom is 0.327 e. The van der Waals surface area contributed by atoms with Crippen LogP contribution in [0.15, 0.2) is 24.3 Å². The van der Waals surface area contributed by atoms with E-state index in [2.05, 4.69) is 0 Å². The molecule has 0 aliphatic rings. The van der Waals surface area contributed by atoms with Crippen LogP contribution in [0.1, 0.15) is 26.2 Å². The van der Waals surface area contributed by atoms with Crippen LogP contribution in [-0.2, 0) is 4.79 Å². The SMILES string of the molecule is CC/C=C/CCC(/C=C/C(=O)O)[C@@H](O)CCl. The Hall–Kier alpha value is -0.800. The number of allylic oxidation sites excluding steroid dienone is 2.